The summed E-state index contributed by atoms with van der Waals surface area (Å²) in [5, 5.41) is 53.0. The van der Waals surface area contributed by atoms with Gasteiger partial charge in [-0.2, -0.15) is 0 Å². The van der Waals surface area contributed by atoms with Crippen molar-refractivity contribution in [1.82, 2.24) is 14.5 Å². The number of benzene rings is 1. The highest BCUT2D eigenvalue weighted by Crippen LogP contribution is 2.30. The predicted octanol–water partition coefficient (Wildman–Crippen LogP) is -2.25. The zero-order valence-corrected chi connectivity index (χ0v) is 20.5. The van der Waals surface area contributed by atoms with E-state index in [-0.39, 0.29) is 6.61 Å². The molecule has 2 aliphatic rings. The highest BCUT2D eigenvalue weighted by molar-refractivity contribution is 5.78. The summed E-state index contributed by atoms with van der Waals surface area (Å²) in [4.78, 5) is 29.9. The number of hydrogen-bond acceptors (Lipinski definition) is 12. The quantitative estimate of drug-likeness (QED) is 0.177. The van der Waals surface area contributed by atoms with Crippen LogP contribution in [0.2, 0.25) is 0 Å². The van der Waals surface area contributed by atoms with E-state index in [1.54, 1.807) is 6.07 Å². The van der Waals surface area contributed by atoms with Crippen LogP contribution >= 0.6 is 0 Å². The molecule has 0 spiro atoms. The van der Waals surface area contributed by atoms with Crippen LogP contribution in [0.15, 0.2) is 58.3 Å². The maximum atomic E-state index is 12.1. The zero-order valence-electron chi connectivity index (χ0n) is 20.5. The van der Waals surface area contributed by atoms with Gasteiger partial charge < -0.3 is 44.5 Å². The van der Waals surface area contributed by atoms with Gasteiger partial charge in [0.25, 0.3) is 5.56 Å². The van der Waals surface area contributed by atoms with Gasteiger partial charge in [-0.15, -0.1) is 0 Å². The van der Waals surface area contributed by atoms with E-state index < -0.39 is 79.7 Å². The number of nitrogens with zero attached hydrogens (tertiary/aromatic N) is 2. The van der Waals surface area contributed by atoms with Crippen molar-refractivity contribution in [3.63, 3.8) is 0 Å². The number of aliphatic hydroxyl groups excluding tert-OH is 5. The molecule has 2 fully saturated rings. The van der Waals surface area contributed by atoms with Crippen molar-refractivity contribution >= 4 is 10.9 Å². The molecule has 3 aromatic rings. The lowest BCUT2D eigenvalue weighted by Gasteiger charge is -2.41. The fourth-order valence-electron chi connectivity index (χ4n) is 4.68. The normalized spacial score (nSPS) is 33.0. The summed E-state index contributed by atoms with van der Waals surface area (Å²) in [6.45, 7) is -0.986. The van der Waals surface area contributed by atoms with Gasteiger partial charge in [-0.25, -0.2) is 4.79 Å². The maximum Gasteiger partial charge on any atom is 0.330 e. The Morgan fingerprint density at radius 3 is 2.46 bits per heavy atom. The summed E-state index contributed by atoms with van der Waals surface area (Å²) in [7, 11) is 0. The minimum atomic E-state index is -1.59. The van der Waals surface area contributed by atoms with Gasteiger partial charge in [-0.05, 0) is 12.1 Å². The Kier molecular flexibility index (Phi) is 8.18. The van der Waals surface area contributed by atoms with Gasteiger partial charge in [0.2, 0.25) is 0 Å². The van der Waals surface area contributed by atoms with E-state index >= 15 is 0 Å². The highest BCUT2D eigenvalue weighted by Gasteiger charge is 2.48. The number of hydrogen-bond donors (Lipinski definition) is 6. The molecule has 9 atom stereocenters. The van der Waals surface area contributed by atoms with E-state index in [9.17, 15) is 35.1 Å². The number of nitrogens with one attached hydrogen (secondary N) is 1. The molecule has 210 valence electrons. The minimum absolute atomic E-state index is 0.0177. The van der Waals surface area contributed by atoms with E-state index in [4.69, 9.17) is 18.9 Å². The summed E-state index contributed by atoms with van der Waals surface area (Å²) in [5.41, 5.74) is -0.140. The third-order valence-electron chi connectivity index (χ3n) is 6.79. The Balaban J connectivity index is 1.20. The molecule has 2 saturated heterocycles. The van der Waals surface area contributed by atoms with E-state index in [2.05, 4.69) is 4.98 Å². The summed E-state index contributed by atoms with van der Waals surface area (Å²) in [6, 6.07) is 12.2. The third-order valence-corrected chi connectivity index (χ3v) is 6.79. The molecular formula is C25H29N3O11. The number of para-hydroxylation sites is 1. The van der Waals surface area contributed by atoms with Gasteiger partial charge in [0.15, 0.2) is 12.5 Å². The van der Waals surface area contributed by atoms with Crippen molar-refractivity contribution in [3.05, 3.63) is 75.2 Å². The Hall–Kier alpha value is -3.05. The number of aliphatic hydroxyl groups is 5. The average Bonchev–Trinajstić information content (AvgIpc) is 3.21. The maximum absolute atomic E-state index is 12.1. The van der Waals surface area contributed by atoms with Gasteiger partial charge in [0, 0.05) is 17.6 Å². The minimum Gasteiger partial charge on any atom is -0.394 e. The lowest BCUT2D eigenvalue weighted by molar-refractivity contribution is -0.313. The second-order valence-corrected chi connectivity index (χ2v) is 9.37. The van der Waals surface area contributed by atoms with Crippen LogP contribution in [0.4, 0.5) is 0 Å². The summed E-state index contributed by atoms with van der Waals surface area (Å²) < 4.78 is 23.4. The lowest BCUT2D eigenvalue weighted by Crippen LogP contribution is -2.60. The van der Waals surface area contributed by atoms with Gasteiger partial charge in [0.1, 0.15) is 42.7 Å². The summed E-state index contributed by atoms with van der Waals surface area (Å²) >= 11 is 0. The Morgan fingerprint density at radius 1 is 0.897 bits per heavy atom. The molecule has 2 aliphatic heterocycles. The van der Waals surface area contributed by atoms with Gasteiger partial charge >= 0.3 is 5.69 Å². The van der Waals surface area contributed by atoms with Crippen LogP contribution in [0.5, 0.6) is 0 Å². The molecule has 0 aliphatic carbocycles. The number of aromatic nitrogens is 3. The summed E-state index contributed by atoms with van der Waals surface area (Å²) in [6.07, 6.45) is -11.1. The first-order chi connectivity index (χ1) is 18.8. The fraction of sp³-hybridized carbons (Fsp3) is 0.480. The van der Waals surface area contributed by atoms with Crippen LogP contribution in [0.25, 0.3) is 10.9 Å². The van der Waals surface area contributed by atoms with E-state index in [1.807, 2.05) is 35.3 Å². The van der Waals surface area contributed by atoms with Crippen molar-refractivity contribution in [3.8, 4) is 0 Å². The molecule has 4 heterocycles. The molecule has 0 saturated carbocycles. The monoisotopic (exact) mass is 547 g/mol. The van der Waals surface area contributed by atoms with Crippen molar-refractivity contribution in [1.29, 1.82) is 0 Å². The smallest absolute Gasteiger partial charge is 0.330 e. The predicted molar refractivity (Wildman–Crippen MR) is 131 cm³/mol. The second-order valence-electron chi connectivity index (χ2n) is 9.37. The molecule has 2 aromatic heterocycles. The van der Waals surface area contributed by atoms with Crippen LogP contribution in [-0.2, 0) is 25.6 Å². The topological polar surface area (TPSA) is 206 Å². The average molecular weight is 548 g/mol. The molecule has 14 heteroatoms. The van der Waals surface area contributed by atoms with Crippen LogP contribution in [0, 0.1) is 0 Å². The third kappa shape index (κ3) is 5.65. The van der Waals surface area contributed by atoms with Crippen molar-refractivity contribution in [2.75, 3.05) is 13.2 Å². The van der Waals surface area contributed by atoms with E-state index in [0.717, 1.165) is 27.7 Å². The Labute approximate surface area is 220 Å². The van der Waals surface area contributed by atoms with Crippen LogP contribution in [-0.4, -0.2) is 102 Å². The van der Waals surface area contributed by atoms with E-state index in [1.165, 1.54) is 0 Å². The van der Waals surface area contributed by atoms with Crippen molar-refractivity contribution < 1.29 is 44.5 Å². The molecule has 1 aromatic carbocycles. The second kappa shape index (κ2) is 11.6. The molecule has 0 amide bonds. The fourth-order valence-corrected chi connectivity index (χ4v) is 4.68. The van der Waals surface area contributed by atoms with Gasteiger partial charge in [0.05, 0.1) is 31.0 Å². The standard InChI is InChI=1S/C25H29N3O11/c29-9-15-22(36-10-13-6-5-12-3-1-2-4-14(12)26-13)19(32)21(34)24(39-15)37-11-16-18(31)20(33)23(38-16)28-8-7-17(30)27-25(28)35/h1-8,15-16,18-24,29,31-34H,9-11H2,(H,27,30,35)/t15-,16-,18-,19-,20-,21-,22-,23-,24-/m1/s1. The van der Waals surface area contributed by atoms with Crippen LogP contribution in [0.1, 0.15) is 11.9 Å². The van der Waals surface area contributed by atoms with Crippen LogP contribution < -0.4 is 11.2 Å². The summed E-state index contributed by atoms with van der Waals surface area (Å²) in [5.74, 6) is 0. The molecule has 39 heavy (non-hydrogen) atoms. The number of fused-ring (bicyclic) bond motifs is 1. The van der Waals surface area contributed by atoms with E-state index in [0.29, 0.717) is 5.69 Å². The molecular weight excluding hydrogens is 518 g/mol. The zero-order chi connectivity index (χ0) is 27.7. The first kappa shape index (κ1) is 27.5. The van der Waals surface area contributed by atoms with Crippen LogP contribution in [0.3, 0.4) is 0 Å². The molecule has 0 bridgehead atoms. The molecule has 0 unspecified atom stereocenters. The number of H-pyrrole nitrogens is 1. The first-order valence-corrected chi connectivity index (χ1v) is 12.3. The molecule has 0 radical (unpaired) electrons. The van der Waals surface area contributed by atoms with Gasteiger partial charge in [-0.3, -0.25) is 19.3 Å². The number of aromatic amines is 1. The van der Waals surface area contributed by atoms with Gasteiger partial charge in [-0.1, -0.05) is 24.3 Å². The Morgan fingerprint density at radius 2 is 1.69 bits per heavy atom. The lowest BCUT2D eigenvalue weighted by atomic mass is 9.99. The van der Waals surface area contributed by atoms with Crippen molar-refractivity contribution in [2.45, 2.75) is 61.9 Å². The molecule has 14 nitrogen and oxygen atoms in total. The Bertz CT molecular complexity index is 1400. The highest BCUT2D eigenvalue weighted by atomic mass is 16.7. The molecule has 5 rings (SSSR count). The number of ether oxygens (including phenoxy) is 4. The first-order valence-electron chi connectivity index (χ1n) is 12.3. The van der Waals surface area contributed by atoms with Crippen molar-refractivity contribution in [2.24, 2.45) is 0 Å². The SMILES string of the molecule is O=c1ccn([C@@H]2O[C@H](CO[C@@H]3O[C@H](CO)[C@@H](OCc4ccc5ccccc5n4)[C@H](O)[C@H]3O)[C@@H](O)[C@H]2O)c(=O)[nH]1. The molecule has 6 N–H and O–H groups in total. The number of pyridine rings is 1. The largest absolute Gasteiger partial charge is 0.394 e. The number of rotatable bonds is 8.